The highest BCUT2D eigenvalue weighted by molar-refractivity contribution is 5.77. The molecular weight excluding hydrogens is 233 g/mol. The molecule has 4 heteroatoms. The first-order valence-electron chi connectivity index (χ1n) is 6.33. The second kappa shape index (κ2) is 5.85. The van der Waals surface area contributed by atoms with E-state index in [1.165, 1.54) is 12.5 Å². The number of halogens is 1. The number of likely N-dealkylation sites (tertiary alicyclic amines) is 1. The summed E-state index contributed by atoms with van der Waals surface area (Å²) < 4.78 is 18.6. The van der Waals surface area contributed by atoms with Crippen LogP contribution in [0.25, 0.3) is 0 Å². The zero-order chi connectivity index (χ0) is 13.0. The minimum atomic E-state index is -0.307. The standard InChI is InChI=1S/C14H18FNO2/c1-11-5-6-12(9-13(11)15)18-10-14(17)16-7-3-2-4-8-16/h5-6,9H,2-4,7-8,10H2,1H3. The van der Waals surface area contributed by atoms with Crippen molar-refractivity contribution in [3.63, 3.8) is 0 Å². The van der Waals surface area contributed by atoms with E-state index in [0.717, 1.165) is 25.9 Å². The fourth-order valence-corrected chi connectivity index (χ4v) is 2.04. The highest BCUT2D eigenvalue weighted by atomic mass is 19.1. The molecule has 18 heavy (non-hydrogen) atoms. The normalized spacial score (nSPS) is 15.6. The summed E-state index contributed by atoms with van der Waals surface area (Å²) in [7, 11) is 0. The first-order valence-corrected chi connectivity index (χ1v) is 6.33. The van der Waals surface area contributed by atoms with E-state index < -0.39 is 0 Å². The largest absolute Gasteiger partial charge is 0.484 e. The molecule has 3 nitrogen and oxygen atoms in total. The second-order valence-electron chi connectivity index (χ2n) is 4.64. The number of ether oxygens (including phenoxy) is 1. The maximum absolute atomic E-state index is 13.3. The molecule has 0 radical (unpaired) electrons. The third-order valence-corrected chi connectivity index (χ3v) is 3.21. The Morgan fingerprint density at radius 2 is 2.06 bits per heavy atom. The Balaban J connectivity index is 1.86. The maximum Gasteiger partial charge on any atom is 0.260 e. The third-order valence-electron chi connectivity index (χ3n) is 3.21. The summed E-state index contributed by atoms with van der Waals surface area (Å²) in [5.41, 5.74) is 0.574. The van der Waals surface area contributed by atoms with Crippen LogP contribution in [-0.4, -0.2) is 30.5 Å². The summed E-state index contributed by atoms with van der Waals surface area (Å²) in [4.78, 5) is 13.6. The summed E-state index contributed by atoms with van der Waals surface area (Å²) in [6, 6.07) is 4.65. The number of nitrogens with zero attached hydrogens (tertiary/aromatic N) is 1. The zero-order valence-electron chi connectivity index (χ0n) is 10.6. The van der Waals surface area contributed by atoms with E-state index in [1.54, 1.807) is 19.1 Å². The molecule has 0 saturated carbocycles. The quantitative estimate of drug-likeness (QED) is 0.826. The third kappa shape index (κ3) is 3.22. The molecule has 0 bridgehead atoms. The minimum Gasteiger partial charge on any atom is -0.484 e. The van der Waals surface area contributed by atoms with Crippen molar-refractivity contribution < 1.29 is 13.9 Å². The average Bonchev–Trinajstić information content (AvgIpc) is 2.41. The predicted octanol–water partition coefficient (Wildman–Crippen LogP) is 2.53. The molecule has 98 valence electrons. The van der Waals surface area contributed by atoms with Gasteiger partial charge in [-0.1, -0.05) is 6.07 Å². The lowest BCUT2D eigenvalue weighted by Gasteiger charge is -2.26. The molecule has 1 aliphatic rings. The highest BCUT2D eigenvalue weighted by Crippen LogP contribution is 2.16. The smallest absolute Gasteiger partial charge is 0.260 e. The molecule has 1 aliphatic heterocycles. The lowest BCUT2D eigenvalue weighted by Crippen LogP contribution is -2.38. The summed E-state index contributed by atoms with van der Waals surface area (Å²) in [5.74, 6) is 0.0806. The average molecular weight is 251 g/mol. The molecule has 1 saturated heterocycles. The van der Waals surface area contributed by atoms with Gasteiger partial charge in [0.25, 0.3) is 5.91 Å². The van der Waals surface area contributed by atoms with Crippen LogP contribution in [0, 0.1) is 12.7 Å². The number of amides is 1. The topological polar surface area (TPSA) is 29.5 Å². The van der Waals surface area contributed by atoms with Gasteiger partial charge < -0.3 is 9.64 Å². The zero-order valence-corrected chi connectivity index (χ0v) is 10.6. The van der Waals surface area contributed by atoms with Gasteiger partial charge in [-0.05, 0) is 37.8 Å². The Morgan fingerprint density at radius 1 is 1.33 bits per heavy atom. The van der Waals surface area contributed by atoms with E-state index >= 15 is 0 Å². The van der Waals surface area contributed by atoms with E-state index in [0.29, 0.717) is 11.3 Å². The first-order chi connectivity index (χ1) is 8.66. The fourth-order valence-electron chi connectivity index (χ4n) is 2.04. The van der Waals surface area contributed by atoms with E-state index in [2.05, 4.69) is 0 Å². The van der Waals surface area contributed by atoms with Gasteiger partial charge in [-0.25, -0.2) is 4.39 Å². The Kier molecular flexibility index (Phi) is 4.18. The summed E-state index contributed by atoms with van der Waals surface area (Å²) in [6.45, 7) is 3.30. The molecule has 0 N–H and O–H groups in total. The SMILES string of the molecule is Cc1ccc(OCC(=O)N2CCCCC2)cc1F. The molecule has 1 amide bonds. The van der Waals surface area contributed by atoms with Gasteiger partial charge in [0.2, 0.25) is 0 Å². The Bertz CT molecular complexity index is 428. The molecule has 0 aliphatic carbocycles. The van der Waals surface area contributed by atoms with Crippen LogP contribution < -0.4 is 4.74 Å². The number of hydrogen-bond acceptors (Lipinski definition) is 2. The van der Waals surface area contributed by atoms with Crippen LogP contribution in [0.15, 0.2) is 18.2 Å². The van der Waals surface area contributed by atoms with Gasteiger partial charge in [-0.15, -0.1) is 0 Å². The molecular formula is C14H18FNO2. The number of rotatable bonds is 3. The van der Waals surface area contributed by atoms with Crippen LogP contribution in [0.5, 0.6) is 5.75 Å². The summed E-state index contributed by atoms with van der Waals surface area (Å²) in [5, 5.41) is 0. The van der Waals surface area contributed by atoms with E-state index in [1.807, 2.05) is 4.90 Å². The van der Waals surface area contributed by atoms with Gasteiger partial charge in [0.05, 0.1) is 0 Å². The first kappa shape index (κ1) is 12.9. The monoisotopic (exact) mass is 251 g/mol. The van der Waals surface area contributed by atoms with Crippen molar-refractivity contribution in [2.45, 2.75) is 26.2 Å². The number of benzene rings is 1. The number of carbonyl (C=O) groups excluding carboxylic acids is 1. The minimum absolute atomic E-state index is 0.0114. The van der Waals surface area contributed by atoms with Crippen molar-refractivity contribution in [2.75, 3.05) is 19.7 Å². The molecule has 2 rings (SSSR count). The molecule has 0 spiro atoms. The molecule has 0 aromatic heterocycles. The Hall–Kier alpha value is -1.58. The van der Waals surface area contributed by atoms with Gasteiger partial charge in [0, 0.05) is 19.2 Å². The Morgan fingerprint density at radius 3 is 2.72 bits per heavy atom. The number of hydrogen-bond donors (Lipinski definition) is 0. The summed E-state index contributed by atoms with van der Waals surface area (Å²) >= 11 is 0. The predicted molar refractivity (Wildman–Crippen MR) is 67.1 cm³/mol. The van der Waals surface area contributed by atoms with Crippen LogP contribution in [0.2, 0.25) is 0 Å². The Labute approximate surface area is 107 Å². The number of piperidine rings is 1. The van der Waals surface area contributed by atoms with Gasteiger partial charge in [0.1, 0.15) is 11.6 Å². The molecule has 0 unspecified atom stereocenters. The molecule has 1 heterocycles. The van der Waals surface area contributed by atoms with Crippen LogP contribution in [0.4, 0.5) is 4.39 Å². The maximum atomic E-state index is 13.3. The van der Waals surface area contributed by atoms with E-state index in [9.17, 15) is 9.18 Å². The van der Waals surface area contributed by atoms with Crippen molar-refractivity contribution in [1.82, 2.24) is 4.90 Å². The fraction of sp³-hybridized carbons (Fsp3) is 0.500. The van der Waals surface area contributed by atoms with Crippen molar-refractivity contribution in [2.24, 2.45) is 0 Å². The number of carbonyl (C=O) groups is 1. The van der Waals surface area contributed by atoms with Crippen molar-refractivity contribution in [3.8, 4) is 5.75 Å². The van der Waals surface area contributed by atoms with Gasteiger partial charge in [-0.2, -0.15) is 0 Å². The van der Waals surface area contributed by atoms with Gasteiger partial charge >= 0.3 is 0 Å². The molecule has 1 fully saturated rings. The van der Waals surface area contributed by atoms with Crippen molar-refractivity contribution in [3.05, 3.63) is 29.6 Å². The summed E-state index contributed by atoms with van der Waals surface area (Å²) in [6.07, 6.45) is 3.31. The molecule has 1 aromatic carbocycles. The van der Waals surface area contributed by atoms with E-state index in [4.69, 9.17) is 4.74 Å². The van der Waals surface area contributed by atoms with Crippen LogP contribution in [0.3, 0.4) is 0 Å². The van der Waals surface area contributed by atoms with Crippen molar-refractivity contribution in [1.29, 1.82) is 0 Å². The second-order valence-corrected chi connectivity index (χ2v) is 4.64. The van der Waals surface area contributed by atoms with Crippen LogP contribution in [-0.2, 0) is 4.79 Å². The van der Waals surface area contributed by atoms with Gasteiger partial charge in [0.15, 0.2) is 6.61 Å². The molecule has 1 aromatic rings. The van der Waals surface area contributed by atoms with E-state index in [-0.39, 0.29) is 18.3 Å². The lowest BCUT2D eigenvalue weighted by molar-refractivity contribution is -0.134. The lowest BCUT2D eigenvalue weighted by atomic mass is 10.1. The van der Waals surface area contributed by atoms with Crippen molar-refractivity contribution >= 4 is 5.91 Å². The molecule has 0 atom stereocenters. The van der Waals surface area contributed by atoms with Crippen LogP contribution >= 0.6 is 0 Å². The van der Waals surface area contributed by atoms with Crippen LogP contribution in [0.1, 0.15) is 24.8 Å². The van der Waals surface area contributed by atoms with Gasteiger partial charge in [-0.3, -0.25) is 4.79 Å². The number of aryl methyl sites for hydroxylation is 1. The highest BCUT2D eigenvalue weighted by Gasteiger charge is 2.16.